The van der Waals surface area contributed by atoms with E-state index in [0.29, 0.717) is 17.0 Å². The monoisotopic (exact) mass is 338 g/mol. The molecule has 0 radical (unpaired) electrons. The molecule has 6 heteroatoms. The lowest BCUT2D eigenvalue weighted by molar-refractivity contribution is -0.116. The van der Waals surface area contributed by atoms with Gasteiger partial charge in [0, 0.05) is 18.1 Å². The number of nitrogens with zero attached hydrogens (tertiary/aromatic N) is 1. The number of rotatable bonds is 6. The average molecular weight is 338 g/mol. The van der Waals surface area contributed by atoms with E-state index in [9.17, 15) is 9.59 Å². The maximum Gasteiger partial charge on any atom is 0.337 e. The van der Waals surface area contributed by atoms with E-state index in [1.165, 1.54) is 7.11 Å². The fourth-order valence-electron chi connectivity index (χ4n) is 2.58. The van der Waals surface area contributed by atoms with Crippen LogP contribution < -0.4 is 5.32 Å². The lowest BCUT2D eigenvalue weighted by atomic mass is 10.1. The summed E-state index contributed by atoms with van der Waals surface area (Å²) in [4.78, 5) is 23.9. The first-order chi connectivity index (χ1) is 12.2. The molecule has 3 aromatic rings. The minimum atomic E-state index is -0.414. The van der Waals surface area contributed by atoms with Gasteiger partial charge in [0.05, 0.1) is 31.4 Å². The topological polar surface area (TPSA) is 73.5 Å². The highest BCUT2D eigenvalue weighted by Gasteiger charge is 2.20. The molecule has 0 saturated heterocycles. The molecule has 1 N–H and O–H groups in total. The Kier molecular flexibility index (Phi) is 4.99. The van der Waals surface area contributed by atoms with Gasteiger partial charge in [-0.1, -0.05) is 0 Å². The molecular weight excluding hydrogens is 320 g/mol. The Bertz CT molecular complexity index is 787. The van der Waals surface area contributed by atoms with Crippen LogP contribution in [0.15, 0.2) is 71.6 Å². The predicted octanol–water partition coefficient (Wildman–Crippen LogP) is 3.49. The van der Waals surface area contributed by atoms with Crippen LogP contribution in [-0.2, 0) is 9.53 Å². The van der Waals surface area contributed by atoms with Gasteiger partial charge in [-0.05, 0) is 48.5 Å². The molecule has 0 aliphatic heterocycles. The molecule has 25 heavy (non-hydrogen) atoms. The van der Waals surface area contributed by atoms with Crippen LogP contribution in [0.3, 0.4) is 0 Å². The Balaban J connectivity index is 1.69. The van der Waals surface area contributed by atoms with Crippen molar-refractivity contribution in [1.29, 1.82) is 0 Å². The zero-order chi connectivity index (χ0) is 17.6. The van der Waals surface area contributed by atoms with Gasteiger partial charge in [0.25, 0.3) is 0 Å². The summed E-state index contributed by atoms with van der Waals surface area (Å²) >= 11 is 0. The van der Waals surface area contributed by atoms with Gasteiger partial charge in [-0.25, -0.2) is 4.79 Å². The van der Waals surface area contributed by atoms with Crippen molar-refractivity contribution in [1.82, 2.24) is 4.57 Å². The summed E-state index contributed by atoms with van der Waals surface area (Å²) in [6, 6.07) is 13.8. The van der Waals surface area contributed by atoms with Gasteiger partial charge in [0.15, 0.2) is 0 Å². The maximum absolute atomic E-state index is 12.4. The van der Waals surface area contributed by atoms with Gasteiger partial charge < -0.3 is 19.0 Å². The Hall–Kier alpha value is -3.28. The number of anilines is 1. The molecule has 128 valence electrons. The number of amides is 1. The molecule has 2 aromatic heterocycles. The number of aromatic nitrogens is 1. The second-order valence-corrected chi connectivity index (χ2v) is 5.48. The van der Waals surface area contributed by atoms with E-state index < -0.39 is 5.97 Å². The van der Waals surface area contributed by atoms with Gasteiger partial charge in [0.2, 0.25) is 5.91 Å². The number of benzene rings is 1. The van der Waals surface area contributed by atoms with Crippen molar-refractivity contribution in [3.05, 3.63) is 78.5 Å². The summed E-state index contributed by atoms with van der Waals surface area (Å²) in [6.07, 6.45) is 5.60. The van der Waals surface area contributed by atoms with Crippen LogP contribution in [0.2, 0.25) is 0 Å². The van der Waals surface area contributed by atoms with Crippen LogP contribution >= 0.6 is 0 Å². The summed E-state index contributed by atoms with van der Waals surface area (Å²) in [5.41, 5.74) is 1.05. The summed E-state index contributed by atoms with van der Waals surface area (Å²) in [5.74, 6) is 0.150. The molecule has 3 rings (SSSR count). The third kappa shape index (κ3) is 3.98. The van der Waals surface area contributed by atoms with Crippen molar-refractivity contribution in [2.45, 2.75) is 12.5 Å². The number of carbonyl (C=O) groups is 2. The molecule has 0 unspecified atom stereocenters. The van der Waals surface area contributed by atoms with Crippen LogP contribution in [0.4, 0.5) is 5.69 Å². The summed E-state index contributed by atoms with van der Waals surface area (Å²) in [6.45, 7) is 0. The van der Waals surface area contributed by atoms with E-state index in [0.717, 1.165) is 0 Å². The molecular formula is C19H18N2O4. The fourth-order valence-corrected chi connectivity index (χ4v) is 2.58. The summed E-state index contributed by atoms with van der Waals surface area (Å²) < 4.78 is 12.1. The number of methoxy groups -OCH3 is 1. The van der Waals surface area contributed by atoms with Crippen LogP contribution in [0.25, 0.3) is 0 Å². The molecule has 1 amide bonds. The smallest absolute Gasteiger partial charge is 0.337 e. The van der Waals surface area contributed by atoms with E-state index in [2.05, 4.69) is 10.1 Å². The van der Waals surface area contributed by atoms with Crippen LogP contribution in [-0.4, -0.2) is 23.6 Å². The van der Waals surface area contributed by atoms with Gasteiger partial charge in [-0.3, -0.25) is 4.79 Å². The van der Waals surface area contributed by atoms with E-state index in [1.807, 2.05) is 35.2 Å². The minimum Gasteiger partial charge on any atom is -0.467 e. The first-order valence-corrected chi connectivity index (χ1v) is 7.81. The largest absolute Gasteiger partial charge is 0.467 e. The number of nitrogens with one attached hydrogen (secondary N) is 1. The molecule has 0 fully saturated rings. The zero-order valence-corrected chi connectivity index (χ0v) is 13.7. The lowest BCUT2D eigenvalue weighted by Gasteiger charge is -2.16. The van der Waals surface area contributed by atoms with Crippen molar-refractivity contribution in [3.63, 3.8) is 0 Å². The van der Waals surface area contributed by atoms with Crippen LogP contribution in [0, 0.1) is 0 Å². The second kappa shape index (κ2) is 7.53. The van der Waals surface area contributed by atoms with Gasteiger partial charge in [-0.15, -0.1) is 0 Å². The normalized spacial score (nSPS) is 11.7. The number of esters is 1. The molecule has 1 atom stereocenters. The quantitative estimate of drug-likeness (QED) is 0.698. The van der Waals surface area contributed by atoms with E-state index in [-0.39, 0.29) is 18.4 Å². The highest BCUT2D eigenvalue weighted by Crippen LogP contribution is 2.23. The SMILES string of the molecule is COC(=O)c1ccc(NC(=O)C[C@@H](c2ccco2)n2cccc2)cc1. The molecule has 0 spiro atoms. The Labute approximate surface area is 145 Å². The third-order valence-corrected chi connectivity index (χ3v) is 3.83. The van der Waals surface area contributed by atoms with Gasteiger partial charge in [0.1, 0.15) is 5.76 Å². The van der Waals surface area contributed by atoms with Gasteiger partial charge >= 0.3 is 5.97 Å². The second-order valence-electron chi connectivity index (χ2n) is 5.48. The summed E-state index contributed by atoms with van der Waals surface area (Å²) in [7, 11) is 1.33. The number of carbonyl (C=O) groups excluding carboxylic acids is 2. The van der Waals surface area contributed by atoms with E-state index in [4.69, 9.17) is 4.42 Å². The number of furan rings is 1. The van der Waals surface area contributed by atoms with Gasteiger partial charge in [-0.2, -0.15) is 0 Å². The highest BCUT2D eigenvalue weighted by molar-refractivity contribution is 5.93. The maximum atomic E-state index is 12.4. The first kappa shape index (κ1) is 16.6. The number of hydrogen-bond donors (Lipinski definition) is 1. The Morgan fingerprint density at radius 2 is 1.84 bits per heavy atom. The van der Waals surface area contributed by atoms with Crippen molar-refractivity contribution < 1.29 is 18.7 Å². The predicted molar refractivity (Wildman–Crippen MR) is 92.3 cm³/mol. The van der Waals surface area contributed by atoms with Crippen molar-refractivity contribution >= 4 is 17.6 Å². The molecule has 0 bridgehead atoms. The Morgan fingerprint density at radius 3 is 2.44 bits per heavy atom. The number of hydrogen-bond acceptors (Lipinski definition) is 4. The minimum absolute atomic E-state index is 0.152. The standard InChI is InChI=1S/C19H18N2O4/c1-24-19(23)14-6-8-15(9-7-14)20-18(22)13-16(17-5-4-12-25-17)21-10-2-3-11-21/h2-12,16H,13H2,1H3,(H,20,22)/t16-/m0/s1. The molecule has 2 heterocycles. The number of ether oxygens (including phenoxy) is 1. The molecule has 1 aromatic carbocycles. The molecule has 0 saturated carbocycles. The van der Waals surface area contributed by atoms with Crippen molar-refractivity contribution in [3.8, 4) is 0 Å². The van der Waals surface area contributed by atoms with Crippen molar-refractivity contribution in [2.24, 2.45) is 0 Å². The van der Waals surface area contributed by atoms with E-state index in [1.54, 1.807) is 36.6 Å². The van der Waals surface area contributed by atoms with Crippen molar-refractivity contribution in [2.75, 3.05) is 12.4 Å². The lowest BCUT2D eigenvalue weighted by Crippen LogP contribution is -2.19. The van der Waals surface area contributed by atoms with E-state index >= 15 is 0 Å². The molecule has 0 aliphatic carbocycles. The zero-order valence-electron chi connectivity index (χ0n) is 13.7. The first-order valence-electron chi connectivity index (χ1n) is 7.81. The van der Waals surface area contributed by atoms with Crippen LogP contribution in [0.5, 0.6) is 0 Å². The molecule has 0 aliphatic rings. The third-order valence-electron chi connectivity index (χ3n) is 3.83. The fraction of sp³-hybridized carbons (Fsp3) is 0.158. The van der Waals surface area contributed by atoms with Crippen LogP contribution in [0.1, 0.15) is 28.6 Å². The summed E-state index contributed by atoms with van der Waals surface area (Å²) in [5, 5.41) is 2.83. The average Bonchev–Trinajstić information content (AvgIpc) is 3.33. The molecule has 6 nitrogen and oxygen atoms in total. The highest BCUT2D eigenvalue weighted by atomic mass is 16.5. The Morgan fingerprint density at radius 1 is 1.12 bits per heavy atom.